The summed E-state index contributed by atoms with van der Waals surface area (Å²) in [7, 11) is -3.28. The second kappa shape index (κ2) is 5.05. The molecule has 5 heteroatoms. The van der Waals surface area contributed by atoms with Crippen LogP contribution in [0.4, 0.5) is 0 Å². The fourth-order valence-corrected chi connectivity index (χ4v) is 2.61. The first-order chi connectivity index (χ1) is 7.53. The van der Waals surface area contributed by atoms with Gasteiger partial charge in [0.05, 0.1) is 16.7 Å². The third-order valence-electron chi connectivity index (χ3n) is 2.33. The molecule has 0 aliphatic carbocycles. The van der Waals surface area contributed by atoms with Gasteiger partial charge in [0, 0.05) is 0 Å². The third-order valence-corrected chi connectivity index (χ3v) is 4.13. The van der Waals surface area contributed by atoms with Crippen LogP contribution in [0.25, 0.3) is 0 Å². The standard InChI is InChI=1S/C11H13NO3S/c1-3-16(14,15)11-7-5-4-6-10(11)9(2)12-8-13/h4-7,9H,3H2,1-2H3. The van der Waals surface area contributed by atoms with E-state index < -0.39 is 15.9 Å². The van der Waals surface area contributed by atoms with Gasteiger partial charge in [0.2, 0.25) is 6.08 Å². The van der Waals surface area contributed by atoms with Crippen molar-refractivity contribution in [2.24, 2.45) is 4.99 Å². The number of nitrogens with zero attached hydrogens (tertiary/aromatic N) is 1. The number of rotatable bonds is 4. The average Bonchev–Trinajstić information content (AvgIpc) is 2.29. The summed E-state index contributed by atoms with van der Waals surface area (Å²) in [5.41, 5.74) is 0.535. The van der Waals surface area contributed by atoms with Crippen molar-refractivity contribution in [2.45, 2.75) is 24.8 Å². The average molecular weight is 239 g/mol. The molecule has 0 aromatic heterocycles. The molecule has 1 atom stereocenters. The molecule has 0 heterocycles. The summed E-state index contributed by atoms with van der Waals surface area (Å²) in [6.45, 7) is 3.24. The maximum Gasteiger partial charge on any atom is 0.235 e. The van der Waals surface area contributed by atoms with E-state index >= 15 is 0 Å². The molecular formula is C11H13NO3S. The van der Waals surface area contributed by atoms with Crippen molar-refractivity contribution in [3.8, 4) is 0 Å². The molecule has 0 fully saturated rings. The van der Waals surface area contributed by atoms with Gasteiger partial charge in [-0.2, -0.15) is 4.99 Å². The molecule has 0 aliphatic heterocycles. The maximum absolute atomic E-state index is 11.8. The van der Waals surface area contributed by atoms with E-state index in [2.05, 4.69) is 4.99 Å². The SMILES string of the molecule is CCS(=O)(=O)c1ccccc1C(C)N=C=O. The zero-order valence-electron chi connectivity index (χ0n) is 9.17. The first-order valence-electron chi connectivity index (χ1n) is 4.91. The number of carbonyl (C=O) groups excluding carboxylic acids is 1. The van der Waals surface area contributed by atoms with Crippen molar-refractivity contribution in [2.75, 3.05) is 5.75 Å². The predicted octanol–water partition coefficient (Wildman–Crippen LogP) is 1.88. The van der Waals surface area contributed by atoms with Gasteiger partial charge in [0.25, 0.3) is 0 Å². The Morgan fingerprint density at radius 1 is 1.38 bits per heavy atom. The first kappa shape index (κ1) is 12.6. The highest BCUT2D eigenvalue weighted by atomic mass is 32.2. The third kappa shape index (κ3) is 2.56. The number of sulfone groups is 1. The van der Waals surface area contributed by atoms with Gasteiger partial charge in [-0.1, -0.05) is 25.1 Å². The molecule has 16 heavy (non-hydrogen) atoms. The van der Waals surface area contributed by atoms with Crippen molar-refractivity contribution in [3.63, 3.8) is 0 Å². The van der Waals surface area contributed by atoms with Gasteiger partial charge in [-0.3, -0.25) is 0 Å². The van der Waals surface area contributed by atoms with Gasteiger partial charge in [0.15, 0.2) is 9.84 Å². The van der Waals surface area contributed by atoms with E-state index in [0.717, 1.165) is 0 Å². The molecule has 1 unspecified atom stereocenters. The minimum absolute atomic E-state index is 0.0293. The van der Waals surface area contributed by atoms with Gasteiger partial charge >= 0.3 is 0 Å². The highest BCUT2D eigenvalue weighted by Gasteiger charge is 2.18. The second-order valence-corrected chi connectivity index (χ2v) is 5.58. The minimum Gasteiger partial charge on any atom is -0.224 e. The predicted molar refractivity (Wildman–Crippen MR) is 60.7 cm³/mol. The summed E-state index contributed by atoms with van der Waals surface area (Å²) >= 11 is 0. The molecule has 4 nitrogen and oxygen atoms in total. The Morgan fingerprint density at radius 3 is 2.56 bits per heavy atom. The number of benzene rings is 1. The molecule has 0 aliphatic rings. The Bertz CT molecular complexity index is 516. The van der Waals surface area contributed by atoms with Crippen LogP contribution >= 0.6 is 0 Å². The van der Waals surface area contributed by atoms with Crippen molar-refractivity contribution >= 4 is 15.9 Å². The lowest BCUT2D eigenvalue weighted by molar-refractivity contribution is 0.558. The van der Waals surface area contributed by atoms with Gasteiger partial charge in [-0.25, -0.2) is 13.2 Å². The van der Waals surface area contributed by atoms with Gasteiger partial charge in [-0.05, 0) is 18.6 Å². The Hall–Kier alpha value is -1.45. The first-order valence-corrected chi connectivity index (χ1v) is 6.56. The van der Waals surface area contributed by atoms with E-state index in [0.29, 0.717) is 5.56 Å². The molecule has 0 N–H and O–H groups in total. The summed E-state index contributed by atoms with van der Waals surface area (Å²) in [4.78, 5) is 14.0. The Labute approximate surface area is 94.9 Å². The van der Waals surface area contributed by atoms with Crippen LogP contribution in [0.5, 0.6) is 0 Å². The molecule has 1 aromatic rings. The lowest BCUT2D eigenvalue weighted by Gasteiger charge is -2.11. The Balaban J connectivity index is 3.36. The lowest BCUT2D eigenvalue weighted by atomic mass is 10.1. The van der Waals surface area contributed by atoms with Gasteiger partial charge in [0.1, 0.15) is 0 Å². The van der Waals surface area contributed by atoms with Crippen molar-refractivity contribution in [3.05, 3.63) is 29.8 Å². The maximum atomic E-state index is 11.8. The number of isocyanates is 1. The quantitative estimate of drug-likeness (QED) is 0.595. The van der Waals surface area contributed by atoms with Crippen molar-refractivity contribution in [1.29, 1.82) is 0 Å². The van der Waals surface area contributed by atoms with Crippen molar-refractivity contribution < 1.29 is 13.2 Å². The largest absolute Gasteiger partial charge is 0.235 e. The Kier molecular flexibility index (Phi) is 3.99. The number of aliphatic imine (C=N–C) groups is 1. The topological polar surface area (TPSA) is 63.6 Å². The van der Waals surface area contributed by atoms with Crippen LogP contribution in [0.1, 0.15) is 25.5 Å². The molecule has 0 saturated heterocycles. The van der Waals surface area contributed by atoms with E-state index in [4.69, 9.17) is 0 Å². The fraction of sp³-hybridized carbons (Fsp3) is 0.364. The minimum atomic E-state index is -3.28. The molecule has 1 rings (SSSR count). The highest BCUT2D eigenvalue weighted by molar-refractivity contribution is 7.91. The summed E-state index contributed by atoms with van der Waals surface area (Å²) < 4.78 is 23.6. The van der Waals surface area contributed by atoms with Crippen LogP contribution in [0, 0.1) is 0 Å². The molecule has 0 amide bonds. The van der Waals surface area contributed by atoms with Crippen LogP contribution in [0.3, 0.4) is 0 Å². The molecule has 0 radical (unpaired) electrons. The van der Waals surface area contributed by atoms with E-state index in [1.807, 2.05) is 0 Å². The summed E-state index contributed by atoms with van der Waals surface area (Å²) in [5.74, 6) is 0.0293. The zero-order chi connectivity index (χ0) is 12.2. The summed E-state index contributed by atoms with van der Waals surface area (Å²) in [6, 6.07) is 6.08. The second-order valence-electron chi connectivity index (χ2n) is 3.34. The van der Waals surface area contributed by atoms with E-state index in [1.165, 1.54) is 12.1 Å². The molecule has 86 valence electrons. The molecule has 0 bridgehead atoms. The van der Waals surface area contributed by atoms with Crippen LogP contribution in [0.15, 0.2) is 34.2 Å². The molecule has 0 spiro atoms. The molecule has 0 saturated carbocycles. The smallest absolute Gasteiger partial charge is 0.224 e. The lowest BCUT2D eigenvalue weighted by Crippen LogP contribution is -2.08. The van der Waals surface area contributed by atoms with Gasteiger partial charge in [-0.15, -0.1) is 0 Å². The summed E-state index contributed by atoms with van der Waals surface area (Å²) in [6.07, 6.45) is 1.44. The zero-order valence-corrected chi connectivity index (χ0v) is 9.99. The van der Waals surface area contributed by atoms with E-state index in [1.54, 1.807) is 32.0 Å². The fourth-order valence-electron chi connectivity index (χ4n) is 1.41. The normalized spacial score (nSPS) is 12.9. The summed E-state index contributed by atoms with van der Waals surface area (Å²) in [5, 5.41) is 0. The van der Waals surface area contributed by atoms with Crippen LogP contribution in [-0.2, 0) is 14.6 Å². The number of hydrogen-bond donors (Lipinski definition) is 0. The monoisotopic (exact) mass is 239 g/mol. The van der Waals surface area contributed by atoms with Crippen LogP contribution < -0.4 is 0 Å². The molecular weight excluding hydrogens is 226 g/mol. The number of hydrogen-bond acceptors (Lipinski definition) is 4. The van der Waals surface area contributed by atoms with Crippen molar-refractivity contribution in [1.82, 2.24) is 0 Å². The van der Waals surface area contributed by atoms with Crippen LogP contribution in [0.2, 0.25) is 0 Å². The van der Waals surface area contributed by atoms with Gasteiger partial charge < -0.3 is 0 Å². The molecule has 1 aromatic carbocycles. The van der Waals surface area contributed by atoms with E-state index in [9.17, 15) is 13.2 Å². The highest BCUT2D eigenvalue weighted by Crippen LogP contribution is 2.25. The van der Waals surface area contributed by atoms with E-state index in [-0.39, 0.29) is 10.6 Å². The van der Waals surface area contributed by atoms with Crippen LogP contribution in [-0.4, -0.2) is 20.3 Å². The Morgan fingerprint density at radius 2 is 2.00 bits per heavy atom.